The van der Waals surface area contributed by atoms with Crippen LogP contribution in [0.5, 0.6) is 0 Å². The third-order valence-electron chi connectivity index (χ3n) is 3.29. The Kier molecular flexibility index (Phi) is 4.12. The van der Waals surface area contributed by atoms with Crippen molar-refractivity contribution in [3.8, 4) is 0 Å². The van der Waals surface area contributed by atoms with Gasteiger partial charge in [-0.1, -0.05) is 36.5 Å². The molecule has 16 heavy (non-hydrogen) atoms. The van der Waals surface area contributed by atoms with Gasteiger partial charge in [-0.3, -0.25) is 0 Å². The van der Waals surface area contributed by atoms with Crippen molar-refractivity contribution in [2.75, 3.05) is 6.54 Å². The average Bonchev–Trinajstić information content (AvgIpc) is 2.12. The highest BCUT2D eigenvalue weighted by molar-refractivity contribution is 6.34. The Balaban J connectivity index is 2.22. The van der Waals surface area contributed by atoms with Gasteiger partial charge >= 0.3 is 0 Å². The molecule has 0 bridgehead atoms. The molecular formula is C13H17Cl2N. The van der Waals surface area contributed by atoms with Gasteiger partial charge in [0, 0.05) is 16.1 Å². The van der Waals surface area contributed by atoms with E-state index in [4.69, 9.17) is 23.2 Å². The lowest BCUT2D eigenvalue weighted by molar-refractivity contribution is 0.233. The molecule has 1 fully saturated rings. The van der Waals surface area contributed by atoms with Crippen LogP contribution in [-0.2, 0) is 0 Å². The summed E-state index contributed by atoms with van der Waals surface area (Å²) in [6.07, 6.45) is 3.96. The minimum absolute atomic E-state index is 0.412. The molecule has 88 valence electrons. The number of halogens is 2. The molecule has 1 N–H and O–H groups in total. The molecule has 0 amide bonds. The van der Waals surface area contributed by atoms with Crippen LogP contribution in [0.1, 0.15) is 37.8 Å². The molecule has 0 saturated heterocycles. The zero-order chi connectivity index (χ0) is 11.5. The summed E-state index contributed by atoms with van der Waals surface area (Å²) in [5.41, 5.74) is 1.23. The third kappa shape index (κ3) is 2.71. The Labute approximate surface area is 107 Å². The standard InChI is InChI=1S/C13H17Cl2N/c1-2-16-13(9-4-3-5-9)10-6-11(14)8-12(15)7-10/h6-9,13,16H,2-5H2,1H3. The monoisotopic (exact) mass is 257 g/mol. The van der Waals surface area contributed by atoms with Crippen molar-refractivity contribution in [2.45, 2.75) is 32.2 Å². The van der Waals surface area contributed by atoms with Crippen LogP contribution < -0.4 is 5.32 Å². The van der Waals surface area contributed by atoms with Crippen molar-refractivity contribution in [3.05, 3.63) is 33.8 Å². The molecule has 1 aliphatic rings. The van der Waals surface area contributed by atoms with E-state index in [0.717, 1.165) is 22.5 Å². The SMILES string of the molecule is CCNC(c1cc(Cl)cc(Cl)c1)C1CCC1. The van der Waals surface area contributed by atoms with E-state index < -0.39 is 0 Å². The molecule has 0 radical (unpaired) electrons. The summed E-state index contributed by atoms with van der Waals surface area (Å²) in [5.74, 6) is 0.745. The number of rotatable bonds is 4. The fourth-order valence-corrected chi connectivity index (χ4v) is 2.85. The van der Waals surface area contributed by atoms with Crippen LogP contribution in [0.2, 0.25) is 10.0 Å². The molecule has 1 nitrogen and oxygen atoms in total. The zero-order valence-electron chi connectivity index (χ0n) is 9.47. The molecule has 0 heterocycles. The van der Waals surface area contributed by atoms with Gasteiger partial charge in [0.2, 0.25) is 0 Å². The average molecular weight is 258 g/mol. The molecule has 1 saturated carbocycles. The predicted octanol–water partition coefficient (Wildman–Crippen LogP) is 4.44. The minimum Gasteiger partial charge on any atom is -0.310 e. The van der Waals surface area contributed by atoms with Gasteiger partial charge in [0.25, 0.3) is 0 Å². The Morgan fingerprint density at radius 2 is 1.88 bits per heavy atom. The van der Waals surface area contributed by atoms with E-state index in [1.807, 2.05) is 12.1 Å². The minimum atomic E-state index is 0.412. The summed E-state index contributed by atoms with van der Waals surface area (Å²) < 4.78 is 0. The maximum absolute atomic E-state index is 6.05. The fraction of sp³-hybridized carbons (Fsp3) is 0.538. The Morgan fingerprint density at radius 1 is 1.25 bits per heavy atom. The second-order valence-corrected chi connectivity index (χ2v) is 5.30. The van der Waals surface area contributed by atoms with E-state index in [1.165, 1.54) is 24.8 Å². The van der Waals surface area contributed by atoms with Crippen LogP contribution in [0.25, 0.3) is 0 Å². The highest BCUT2D eigenvalue weighted by atomic mass is 35.5. The normalized spacial score (nSPS) is 18.2. The van der Waals surface area contributed by atoms with Gasteiger partial charge in [0.05, 0.1) is 0 Å². The van der Waals surface area contributed by atoms with Crippen molar-refractivity contribution in [1.29, 1.82) is 0 Å². The van der Waals surface area contributed by atoms with Crippen molar-refractivity contribution in [3.63, 3.8) is 0 Å². The molecule has 1 atom stereocenters. The lowest BCUT2D eigenvalue weighted by Gasteiger charge is -2.34. The first-order chi connectivity index (χ1) is 7.70. The second-order valence-electron chi connectivity index (χ2n) is 4.43. The van der Waals surface area contributed by atoms with Crippen LogP contribution >= 0.6 is 23.2 Å². The molecule has 1 unspecified atom stereocenters. The summed E-state index contributed by atoms with van der Waals surface area (Å²) in [4.78, 5) is 0. The van der Waals surface area contributed by atoms with E-state index in [2.05, 4.69) is 12.2 Å². The lowest BCUT2D eigenvalue weighted by atomic mass is 9.77. The smallest absolute Gasteiger partial charge is 0.0424 e. The van der Waals surface area contributed by atoms with E-state index in [0.29, 0.717) is 6.04 Å². The lowest BCUT2D eigenvalue weighted by Crippen LogP contribution is -2.32. The highest BCUT2D eigenvalue weighted by Crippen LogP contribution is 2.38. The van der Waals surface area contributed by atoms with E-state index in [-0.39, 0.29) is 0 Å². The largest absolute Gasteiger partial charge is 0.310 e. The molecule has 0 aromatic heterocycles. The van der Waals surface area contributed by atoms with Gasteiger partial charge in [-0.25, -0.2) is 0 Å². The van der Waals surface area contributed by atoms with Gasteiger partial charge < -0.3 is 5.32 Å². The van der Waals surface area contributed by atoms with E-state index >= 15 is 0 Å². The van der Waals surface area contributed by atoms with Crippen LogP contribution in [0.15, 0.2) is 18.2 Å². The maximum Gasteiger partial charge on any atom is 0.0424 e. The van der Waals surface area contributed by atoms with E-state index in [9.17, 15) is 0 Å². The third-order valence-corrected chi connectivity index (χ3v) is 3.73. The van der Waals surface area contributed by atoms with Crippen molar-refractivity contribution < 1.29 is 0 Å². The zero-order valence-corrected chi connectivity index (χ0v) is 11.0. The number of hydrogen-bond acceptors (Lipinski definition) is 1. The van der Waals surface area contributed by atoms with Crippen molar-refractivity contribution in [1.82, 2.24) is 5.32 Å². The number of nitrogens with one attached hydrogen (secondary N) is 1. The fourth-order valence-electron chi connectivity index (χ4n) is 2.30. The first-order valence-electron chi connectivity index (χ1n) is 5.90. The summed E-state index contributed by atoms with van der Waals surface area (Å²) >= 11 is 12.1. The Hall–Kier alpha value is -0.240. The van der Waals surface area contributed by atoms with Gasteiger partial charge in [0.1, 0.15) is 0 Å². The summed E-state index contributed by atoms with van der Waals surface area (Å²) in [5, 5.41) is 4.99. The maximum atomic E-state index is 6.05. The van der Waals surface area contributed by atoms with Gasteiger partial charge in [-0.15, -0.1) is 0 Å². The molecular weight excluding hydrogens is 241 g/mol. The second kappa shape index (κ2) is 5.39. The van der Waals surface area contributed by atoms with Crippen LogP contribution in [-0.4, -0.2) is 6.54 Å². The topological polar surface area (TPSA) is 12.0 Å². The predicted molar refractivity (Wildman–Crippen MR) is 70.2 cm³/mol. The number of hydrogen-bond donors (Lipinski definition) is 1. The quantitative estimate of drug-likeness (QED) is 0.841. The van der Waals surface area contributed by atoms with Crippen molar-refractivity contribution in [2.24, 2.45) is 5.92 Å². The molecule has 1 aliphatic carbocycles. The summed E-state index contributed by atoms with van der Waals surface area (Å²) in [7, 11) is 0. The summed E-state index contributed by atoms with van der Waals surface area (Å²) in [6, 6.07) is 6.25. The molecule has 2 rings (SSSR count). The molecule has 3 heteroatoms. The first kappa shape index (κ1) is 12.2. The van der Waals surface area contributed by atoms with Crippen LogP contribution in [0, 0.1) is 5.92 Å². The summed E-state index contributed by atoms with van der Waals surface area (Å²) in [6.45, 7) is 3.11. The molecule has 0 aliphatic heterocycles. The van der Waals surface area contributed by atoms with Gasteiger partial charge in [0.15, 0.2) is 0 Å². The molecule has 1 aromatic carbocycles. The Morgan fingerprint density at radius 3 is 2.31 bits per heavy atom. The van der Waals surface area contributed by atoms with E-state index in [1.54, 1.807) is 6.07 Å². The van der Waals surface area contributed by atoms with Crippen LogP contribution in [0.4, 0.5) is 0 Å². The Bertz CT molecular complexity index is 341. The number of benzene rings is 1. The van der Waals surface area contributed by atoms with Crippen LogP contribution in [0.3, 0.4) is 0 Å². The van der Waals surface area contributed by atoms with Gasteiger partial charge in [-0.05, 0) is 49.1 Å². The van der Waals surface area contributed by atoms with Crippen molar-refractivity contribution >= 4 is 23.2 Å². The van der Waals surface area contributed by atoms with Gasteiger partial charge in [-0.2, -0.15) is 0 Å². The molecule has 1 aromatic rings. The highest BCUT2D eigenvalue weighted by Gasteiger charge is 2.28. The molecule has 0 spiro atoms. The first-order valence-corrected chi connectivity index (χ1v) is 6.65.